The summed E-state index contributed by atoms with van der Waals surface area (Å²) in [6, 6.07) is 10.7. The fourth-order valence-electron chi connectivity index (χ4n) is 1.63. The van der Waals surface area contributed by atoms with Gasteiger partial charge >= 0.3 is 0 Å². The van der Waals surface area contributed by atoms with E-state index in [1.54, 1.807) is 12.1 Å². The third-order valence-corrected chi connectivity index (χ3v) is 2.58. The van der Waals surface area contributed by atoms with Gasteiger partial charge in [-0.3, -0.25) is 0 Å². The summed E-state index contributed by atoms with van der Waals surface area (Å²) in [5, 5.41) is 0. The van der Waals surface area contributed by atoms with E-state index in [4.69, 9.17) is 10.5 Å². The van der Waals surface area contributed by atoms with Crippen molar-refractivity contribution in [3.05, 3.63) is 59.7 Å². The first kappa shape index (κ1) is 12.4. The molecule has 2 N–H and O–H groups in total. The van der Waals surface area contributed by atoms with E-state index in [1.165, 1.54) is 6.07 Å². The van der Waals surface area contributed by atoms with Gasteiger partial charge in [0.25, 0.3) is 0 Å². The number of anilines is 1. The number of ether oxygens (including phenoxy) is 1. The zero-order valence-corrected chi connectivity index (χ0v) is 9.86. The lowest BCUT2D eigenvalue weighted by atomic mass is 10.1. The van der Waals surface area contributed by atoms with Gasteiger partial charge in [0.15, 0.2) is 11.6 Å². The standard InChI is InChI=1S/C14H13F2NO/c1-9(10-3-2-4-11(17)7-10)18-12-5-6-13(15)14(16)8-12/h2-9H,17H2,1H3. The largest absolute Gasteiger partial charge is 0.486 e. The molecule has 2 aromatic rings. The SMILES string of the molecule is CC(Oc1ccc(F)c(F)c1)c1cccc(N)c1. The first-order valence-corrected chi connectivity index (χ1v) is 5.53. The Labute approximate surface area is 104 Å². The van der Waals surface area contributed by atoms with Crippen LogP contribution in [0.5, 0.6) is 5.75 Å². The minimum Gasteiger partial charge on any atom is -0.486 e. The maximum absolute atomic E-state index is 13.0. The molecule has 94 valence electrons. The third-order valence-electron chi connectivity index (χ3n) is 2.58. The molecule has 0 bridgehead atoms. The van der Waals surface area contributed by atoms with Crippen molar-refractivity contribution in [2.45, 2.75) is 13.0 Å². The first-order valence-electron chi connectivity index (χ1n) is 5.53. The molecule has 2 aromatic carbocycles. The lowest BCUT2D eigenvalue weighted by molar-refractivity contribution is 0.225. The molecule has 0 aliphatic heterocycles. The number of benzene rings is 2. The highest BCUT2D eigenvalue weighted by Crippen LogP contribution is 2.24. The maximum Gasteiger partial charge on any atom is 0.162 e. The summed E-state index contributed by atoms with van der Waals surface area (Å²) in [6.45, 7) is 1.82. The van der Waals surface area contributed by atoms with Crippen molar-refractivity contribution >= 4 is 5.69 Å². The Hall–Kier alpha value is -2.10. The molecule has 0 fully saturated rings. The molecule has 0 heterocycles. The van der Waals surface area contributed by atoms with E-state index >= 15 is 0 Å². The second kappa shape index (κ2) is 5.04. The van der Waals surface area contributed by atoms with E-state index in [2.05, 4.69) is 0 Å². The molecule has 0 aliphatic carbocycles. The predicted molar refractivity (Wildman–Crippen MR) is 66.3 cm³/mol. The number of nitrogen functional groups attached to an aromatic ring is 1. The molecular formula is C14H13F2NO. The van der Waals surface area contributed by atoms with Gasteiger partial charge in [-0.05, 0) is 36.8 Å². The molecule has 1 atom stereocenters. The highest BCUT2D eigenvalue weighted by atomic mass is 19.2. The quantitative estimate of drug-likeness (QED) is 0.842. The molecule has 2 nitrogen and oxygen atoms in total. The zero-order valence-electron chi connectivity index (χ0n) is 9.86. The molecule has 1 unspecified atom stereocenters. The van der Waals surface area contributed by atoms with Crippen LogP contribution in [0.3, 0.4) is 0 Å². The van der Waals surface area contributed by atoms with E-state index in [0.717, 1.165) is 17.7 Å². The maximum atomic E-state index is 13.0. The van der Waals surface area contributed by atoms with Crippen LogP contribution in [-0.2, 0) is 0 Å². The molecule has 4 heteroatoms. The van der Waals surface area contributed by atoms with E-state index in [1.807, 2.05) is 19.1 Å². The number of rotatable bonds is 3. The minimum absolute atomic E-state index is 0.281. The van der Waals surface area contributed by atoms with Crippen molar-refractivity contribution in [3.63, 3.8) is 0 Å². The molecule has 0 saturated heterocycles. The highest BCUT2D eigenvalue weighted by molar-refractivity contribution is 5.41. The van der Waals surface area contributed by atoms with Crippen LogP contribution in [-0.4, -0.2) is 0 Å². The van der Waals surface area contributed by atoms with Crippen LogP contribution >= 0.6 is 0 Å². The first-order chi connectivity index (χ1) is 8.56. The van der Waals surface area contributed by atoms with E-state index in [-0.39, 0.29) is 11.9 Å². The Morgan fingerprint density at radius 1 is 1.06 bits per heavy atom. The van der Waals surface area contributed by atoms with Crippen LogP contribution in [0.15, 0.2) is 42.5 Å². The van der Waals surface area contributed by atoms with Gasteiger partial charge in [-0.15, -0.1) is 0 Å². The molecule has 0 spiro atoms. The monoisotopic (exact) mass is 249 g/mol. The van der Waals surface area contributed by atoms with Crippen LogP contribution < -0.4 is 10.5 Å². The topological polar surface area (TPSA) is 35.2 Å². The summed E-state index contributed by atoms with van der Waals surface area (Å²) >= 11 is 0. The summed E-state index contributed by atoms with van der Waals surface area (Å²) in [5.41, 5.74) is 7.18. The summed E-state index contributed by atoms with van der Waals surface area (Å²) in [7, 11) is 0. The number of nitrogens with two attached hydrogens (primary N) is 1. The molecule has 0 aromatic heterocycles. The molecule has 2 rings (SSSR count). The molecule has 0 amide bonds. The lowest BCUT2D eigenvalue weighted by Gasteiger charge is -2.15. The summed E-state index contributed by atoms with van der Waals surface area (Å²) < 4.78 is 31.3. The van der Waals surface area contributed by atoms with Crippen LogP contribution in [0, 0.1) is 11.6 Å². The number of halogens is 2. The number of hydrogen-bond donors (Lipinski definition) is 1. The average Bonchev–Trinajstić information content (AvgIpc) is 2.34. The Morgan fingerprint density at radius 3 is 2.50 bits per heavy atom. The molecular weight excluding hydrogens is 236 g/mol. The smallest absolute Gasteiger partial charge is 0.162 e. The Kier molecular flexibility index (Phi) is 3.46. The lowest BCUT2D eigenvalue weighted by Crippen LogP contribution is -2.04. The Bertz CT molecular complexity index is 557. The fourth-order valence-corrected chi connectivity index (χ4v) is 1.63. The van der Waals surface area contributed by atoms with Gasteiger partial charge in [0, 0.05) is 11.8 Å². The van der Waals surface area contributed by atoms with Gasteiger partial charge in [0.2, 0.25) is 0 Å². The second-order valence-corrected chi connectivity index (χ2v) is 4.01. The predicted octanol–water partition coefficient (Wildman–Crippen LogP) is 3.69. The zero-order chi connectivity index (χ0) is 13.1. The minimum atomic E-state index is -0.924. The van der Waals surface area contributed by atoms with Gasteiger partial charge in [0.1, 0.15) is 11.9 Å². The normalized spacial score (nSPS) is 12.2. The van der Waals surface area contributed by atoms with Gasteiger partial charge in [-0.2, -0.15) is 0 Å². The van der Waals surface area contributed by atoms with Crippen LogP contribution in [0.4, 0.5) is 14.5 Å². The van der Waals surface area contributed by atoms with Crippen molar-refractivity contribution in [1.82, 2.24) is 0 Å². The van der Waals surface area contributed by atoms with E-state index in [9.17, 15) is 8.78 Å². The van der Waals surface area contributed by atoms with Crippen molar-refractivity contribution in [3.8, 4) is 5.75 Å². The van der Waals surface area contributed by atoms with E-state index in [0.29, 0.717) is 5.69 Å². The average molecular weight is 249 g/mol. The van der Waals surface area contributed by atoms with Crippen LogP contribution in [0.25, 0.3) is 0 Å². The molecule has 0 aliphatic rings. The summed E-state index contributed by atoms with van der Waals surface area (Å²) in [4.78, 5) is 0. The summed E-state index contributed by atoms with van der Waals surface area (Å²) in [5.74, 6) is -1.53. The van der Waals surface area contributed by atoms with Crippen molar-refractivity contribution < 1.29 is 13.5 Å². The summed E-state index contributed by atoms with van der Waals surface area (Å²) in [6.07, 6.45) is -0.293. The number of hydrogen-bond acceptors (Lipinski definition) is 2. The van der Waals surface area contributed by atoms with Gasteiger partial charge in [-0.1, -0.05) is 12.1 Å². The van der Waals surface area contributed by atoms with Gasteiger partial charge in [-0.25, -0.2) is 8.78 Å². The Morgan fingerprint density at radius 2 is 1.83 bits per heavy atom. The van der Waals surface area contributed by atoms with Crippen molar-refractivity contribution in [2.24, 2.45) is 0 Å². The second-order valence-electron chi connectivity index (χ2n) is 4.01. The molecule has 0 radical (unpaired) electrons. The van der Waals surface area contributed by atoms with Crippen LogP contribution in [0.1, 0.15) is 18.6 Å². The molecule has 0 saturated carbocycles. The van der Waals surface area contributed by atoms with Crippen molar-refractivity contribution in [1.29, 1.82) is 0 Å². The van der Waals surface area contributed by atoms with E-state index < -0.39 is 11.6 Å². The molecule has 18 heavy (non-hydrogen) atoms. The van der Waals surface area contributed by atoms with Gasteiger partial charge < -0.3 is 10.5 Å². The highest BCUT2D eigenvalue weighted by Gasteiger charge is 2.09. The fraction of sp³-hybridized carbons (Fsp3) is 0.143. The van der Waals surface area contributed by atoms with Crippen molar-refractivity contribution in [2.75, 3.05) is 5.73 Å². The third kappa shape index (κ3) is 2.77. The van der Waals surface area contributed by atoms with Crippen LogP contribution in [0.2, 0.25) is 0 Å². The Balaban J connectivity index is 2.16. The van der Waals surface area contributed by atoms with Gasteiger partial charge in [0.05, 0.1) is 0 Å².